The van der Waals surface area contributed by atoms with Crippen molar-refractivity contribution in [2.45, 2.75) is 39.3 Å². The molecule has 0 aromatic heterocycles. The Morgan fingerprint density at radius 3 is 2.19 bits per heavy atom. The van der Waals surface area contributed by atoms with E-state index in [0.29, 0.717) is 0 Å². The number of rotatable bonds is 11. The Morgan fingerprint density at radius 1 is 1.04 bits per heavy atom. The fraction of sp³-hybridized carbons (Fsp3) is 0.444. The summed E-state index contributed by atoms with van der Waals surface area (Å²) in [6.45, 7) is 3.71. The van der Waals surface area contributed by atoms with E-state index < -0.39 is 42.0 Å². The van der Waals surface area contributed by atoms with E-state index in [9.17, 15) is 19.2 Å². The standard InChI is InChI=1S/C18H26N4O5/c1-11(2)13(18(26)21-14(17(20)25)9-15(19)23)8-16(24)22-27-10-12-6-4-3-5-7-12/h3-7,11,13-14H,8-10H2,1-2H3,(H2,19,23)(H2,20,25)(H,21,26)(H,22,24)/t13?,14-/m0/s1. The highest BCUT2D eigenvalue weighted by molar-refractivity contribution is 5.92. The van der Waals surface area contributed by atoms with Gasteiger partial charge in [-0.2, -0.15) is 0 Å². The molecule has 0 fully saturated rings. The summed E-state index contributed by atoms with van der Waals surface area (Å²) in [5, 5.41) is 2.38. The number of nitrogens with one attached hydrogen (secondary N) is 2. The van der Waals surface area contributed by atoms with Crippen molar-refractivity contribution in [2.75, 3.05) is 0 Å². The first kappa shape index (κ1) is 22.1. The van der Waals surface area contributed by atoms with Crippen molar-refractivity contribution in [3.8, 4) is 0 Å². The van der Waals surface area contributed by atoms with Gasteiger partial charge in [0.25, 0.3) is 0 Å². The molecule has 1 aromatic rings. The molecule has 0 heterocycles. The smallest absolute Gasteiger partial charge is 0.244 e. The lowest BCUT2D eigenvalue weighted by molar-refractivity contribution is -0.140. The number of benzene rings is 1. The van der Waals surface area contributed by atoms with E-state index in [2.05, 4.69) is 10.8 Å². The van der Waals surface area contributed by atoms with Crippen molar-refractivity contribution in [3.63, 3.8) is 0 Å². The monoisotopic (exact) mass is 378 g/mol. The van der Waals surface area contributed by atoms with Crippen LogP contribution in [-0.2, 0) is 30.6 Å². The van der Waals surface area contributed by atoms with Gasteiger partial charge in [-0.1, -0.05) is 44.2 Å². The SMILES string of the molecule is CC(C)C(CC(=O)NOCc1ccccc1)C(=O)N[C@@H](CC(N)=O)C(N)=O. The van der Waals surface area contributed by atoms with Crippen LogP contribution in [0, 0.1) is 11.8 Å². The molecule has 1 aromatic carbocycles. The zero-order valence-electron chi connectivity index (χ0n) is 15.4. The van der Waals surface area contributed by atoms with Crippen molar-refractivity contribution < 1.29 is 24.0 Å². The molecule has 0 spiro atoms. The molecule has 0 aliphatic heterocycles. The van der Waals surface area contributed by atoms with E-state index in [1.54, 1.807) is 13.8 Å². The summed E-state index contributed by atoms with van der Waals surface area (Å²) in [7, 11) is 0. The predicted molar refractivity (Wildman–Crippen MR) is 97.3 cm³/mol. The van der Waals surface area contributed by atoms with Crippen LogP contribution in [0.2, 0.25) is 0 Å². The molecular formula is C18H26N4O5. The van der Waals surface area contributed by atoms with Crippen molar-refractivity contribution in [1.82, 2.24) is 10.8 Å². The quantitative estimate of drug-likeness (QED) is 0.391. The average molecular weight is 378 g/mol. The van der Waals surface area contributed by atoms with Gasteiger partial charge in [0.05, 0.1) is 13.0 Å². The molecule has 0 aliphatic carbocycles. The van der Waals surface area contributed by atoms with Gasteiger partial charge in [-0.25, -0.2) is 5.48 Å². The summed E-state index contributed by atoms with van der Waals surface area (Å²) in [6.07, 6.45) is -0.557. The molecular weight excluding hydrogens is 352 g/mol. The van der Waals surface area contributed by atoms with E-state index in [-0.39, 0.29) is 18.9 Å². The van der Waals surface area contributed by atoms with Gasteiger partial charge in [-0.05, 0) is 11.5 Å². The largest absolute Gasteiger partial charge is 0.370 e. The van der Waals surface area contributed by atoms with Crippen LogP contribution >= 0.6 is 0 Å². The van der Waals surface area contributed by atoms with Gasteiger partial charge in [-0.3, -0.25) is 24.0 Å². The van der Waals surface area contributed by atoms with Gasteiger partial charge < -0.3 is 16.8 Å². The van der Waals surface area contributed by atoms with Gasteiger partial charge >= 0.3 is 0 Å². The van der Waals surface area contributed by atoms with E-state index in [4.69, 9.17) is 16.3 Å². The number of carbonyl (C=O) groups is 4. The van der Waals surface area contributed by atoms with Gasteiger partial charge in [0, 0.05) is 12.3 Å². The van der Waals surface area contributed by atoms with Crippen LogP contribution in [0.15, 0.2) is 30.3 Å². The fourth-order valence-corrected chi connectivity index (χ4v) is 2.35. The summed E-state index contributed by atoms with van der Waals surface area (Å²) >= 11 is 0. The van der Waals surface area contributed by atoms with E-state index in [1.165, 1.54) is 0 Å². The molecule has 148 valence electrons. The minimum atomic E-state index is -1.21. The van der Waals surface area contributed by atoms with Crippen LogP contribution in [0.3, 0.4) is 0 Å². The number of amides is 4. The maximum absolute atomic E-state index is 12.4. The average Bonchev–Trinajstić information content (AvgIpc) is 2.59. The Hall–Kier alpha value is -2.94. The Bertz CT molecular complexity index is 663. The minimum absolute atomic E-state index is 0.152. The van der Waals surface area contributed by atoms with Crippen LogP contribution in [0.1, 0.15) is 32.3 Å². The van der Waals surface area contributed by atoms with Crippen molar-refractivity contribution >= 4 is 23.6 Å². The fourth-order valence-electron chi connectivity index (χ4n) is 2.35. The molecule has 0 bridgehead atoms. The number of primary amides is 2. The maximum atomic E-state index is 12.4. The van der Waals surface area contributed by atoms with Crippen molar-refractivity contribution in [1.29, 1.82) is 0 Å². The van der Waals surface area contributed by atoms with Gasteiger partial charge in [0.1, 0.15) is 6.04 Å². The third-order valence-corrected chi connectivity index (χ3v) is 3.88. The molecule has 27 heavy (non-hydrogen) atoms. The van der Waals surface area contributed by atoms with Gasteiger partial charge in [0.15, 0.2) is 0 Å². The molecule has 1 rings (SSSR count). The summed E-state index contributed by atoms with van der Waals surface area (Å²) in [5.41, 5.74) is 13.4. The summed E-state index contributed by atoms with van der Waals surface area (Å²) in [5.74, 6) is -3.63. The number of hydrogen-bond donors (Lipinski definition) is 4. The zero-order chi connectivity index (χ0) is 20.4. The number of carbonyl (C=O) groups excluding carboxylic acids is 4. The van der Waals surface area contributed by atoms with Crippen LogP contribution in [0.4, 0.5) is 0 Å². The first-order chi connectivity index (χ1) is 12.7. The van der Waals surface area contributed by atoms with E-state index >= 15 is 0 Å². The van der Waals surface area contributed by atoms with E-state index in [1.807, 2.05) is 30.3 Å². The summed E-state index contributed by atoms with van der Waals surface area (Å²) < 4.78 is 0. The molecule has 6 N–H and O–H groups in total. The molecule has 2 atom stereocenters. The van der Waals surface area contributed by atoms with Crippen LogP contribution < -0.4 is 22.3 Å². The molecule has 9 heteroatoms. The lowest BCUT2D eigenvalue weighted by Gasteiger charge is -2.22. The first-order valence-electron chi connectivity index (χ1n) is 8.53. The second-order valence-electron chi connectivity index (χ2n) is 6.49. The predicted octanol–water partition coefficient (Wildman–Crippen LogP) is -0.258. The lowest BCUT2D eigenvalue weighted by Crippen LogP contribution is -2.49. The molecule has 0 radical (unpaired) electrons. The Labute approximate surface area is 157 Å². The van der Waals surface area contributed by atoms with E-state index in [0.717, 1.165) is 5.56 Å². The third-order valence-electron chi connectivity index (χ3n) is 3.88. The number of hydroxylamine groups is 1. The highest BCUT2D eigenvalue weighted by atomic mass is 16.6. The molecule has 0 saturated heterocycles. The molecule has 0 saturated carbocycles. The van der Waals surface area contributed by atoms with Crippen molar-refractivity contribution in [2.24, 2.45) is 23.3 Å². The van der Waals surface area contributed by atoms with Crippen LogP contribution in [0.5, 0.6) is 0 Å². The molecule has 1 unspecified atom stereocenters. The van der Waals surface area contributed by atoms with Crippen LogP contribution in [-0.4, -0.2) is 29.7 Å². The maximum Gasteiger partial charge on any atom is 0.244 e. The molecule has 9 nitrogen and oxygen atoms in total. The van der Waals surface area contributed by atoms with Gasteiger partial charge in [-0.15, -0.1) is 0 Å². The third kappa shape index (κ3) is 8.32. The zero-order valence-corrected chi connectivity index (χ0v) is 15.4. The van der Waals surface area contributed by atoms with Crippen LogP contribution in [0.25, 0.3) is 0 Å². The summed E-state index contributed by atoms with van der Waals surface area (Å²) in [4.78, 5) is 52.0. The highest BCUT2D eigenvalue weighted by Crippen LogP contribution is 2.16. The number of hydrogen-bond acceptors (Lipinski definition) is 5. The topological polar surface area (TPSA) is 154 Å². The second-order valence-corrected chi connectivity index (χ2v) is 6.49. The first-order valence-corrected chi connectivity index (χ1v) is 8.53. The normalized spacial score (nSPS) is 12.9. The molecule has 0 aliphatic rings. The Kier molecular flexibility index (Phi) is 8.94. The Balaban J connectivity index is 2.58. The Morgan fingerprint density at radius 2 is 1.67 bits per heavy atom. The molecule has 4 amide bonds. The second kappa shape index (κ2) is 10.9. The van der Waals surface area contributed by atoms with Gasteiger partial charge in [0.2, 0.25) is 23.6 Å². The number of nitrogens with two attached hydrogens (primary N) is 2. The summed E-state index contributed by atoms with van der Waals surface area (Å²) in [6, 6.07) is 8.04. The highest BCUT2D eigenvalue weighted by Gasteiger charge is 2.29. The lowest BCUT2D eigenvalue weighted by atomic mass is 9.91. The minimum Gasteiger partial charge on any atom is -0.370 e. The van der Waals surface area contributed by atoms with Crippen molar-refractivity contribution in [3.05, 3.63) is 35.9 Å².